The van der Waals surface area contributed by atoms with E-state index in [9.17, 15) is 0 Å². The zero-order valence-corrected chi connectivity index (χ0v) is 6.40. The van der Waals surface area contributed by atoms with Gasteiger partial charge in [0.1, 0.15) is 0 Å². The number of unbranched alkanes of at least 4 members (excludes halogenated alkanes) is 3. The quantitative estimate of drug-likeness (QED) is 0.515. The number of hydrogen-bond acceptors (Lipinski definition) is 3. The molecule has 0 aromatic heterocycles. The lowest BCUT2D eigenvalue weighted by Gasteiger charge is -1.90. The van der Waals surface area contributed by atoms with Crippen LogP contribution in [0, 0.1) is 0 Å². The highest BCUT2D eigenvalue weighted by molar-refractivity contribution is 4.35. The Morgan fingerprint density at radius 3 is 1.89 bits per heavy atom. The van der Waals surface area contributed by atoms with Gasteiger partial charge in [-0.25, -0.2) is 0 Å². The van der Waals surface area contributed by atoms with Crippen molar-refractivity contribution in [3.8, 4) is 0 Å². The van der Waals surface area contributed by atoms with Gasteiger partial charge in [0.05, 0.1) is 0 Å². The van der Waals surface area contributed by atoms with Crippen molar-refractivity contribution >= 4 is 0 Å². The molecule has 60 valence electrons. The molecule has 0 aliphatic carbocycles. The van der Waals surface area contributed by atoms with Crippen LogP contribution in [0.15, 0.2) is 0 Å². The van der Waals surface area contributed by atoms with Crippen molar-refractivity contribution in [2.45, 2.75) is 32.6 Å². The molecule has 7 N–H and O–H groups in total. The van der Waals surface area contributed by atoms with E-state index in [1.165, 1.54) is 19.3 Å². The average Bonchev–Trinajstić information content (AvgIpc) is 1.69. The van der Waals surface area contributed by atoms with Crippen molar-refractivity contribution < 1.29 is 5.11 Å². The molecule has 0 amide bonds. The smallest absolute Gasteiger partial charge is 0.0431 e. The first-order valence-electron chi connectivity index (χ1n) is 3.02. The maximum atomic E-state index is 8.29. The largest absolute Gasteiger partial charge is 0.396 e. The van der Waals surface area contributed by atoms with Gasteiger partial charge in [-0.15, -0.1) is 0 Å². The summed E-state index contributed by atoms with van der Waals surface area (Å²) in [7, 11) is 0. The molecule has 0 saturated heterocycles. The standard InChI is InChI=1S/C6H14O.2H3N/c1-2-3-4-5-6-7;;/h7H,2-6H2,1H3;2*1H3. The number of aliphatic hydroxyl groups is 1. The molecule has 0 radical (unpaired) electrons. The van der Waals surface area contributed by atoms with Crippen LogP contribution in [0.2, 0.25) is 0 Å². The second-order valence-electron chi connectivity index (χ2n) is 1.78. The van der Waals surface area contributed by atoms with Crippen molar-refractivity contribution in [2.75, 3.05) is 6.61 Å². The van der Waals surface area contributed by atoms with Crippen molar-refractivity contribution in [1.82, 2.24) is 12.3 Å². The minimum absolute atomic E-state index is 0. The molecule has 0 saturated carbocycles. The molecule has 0 rings (SSSR count). The Balaban J connectivity index is -0.000000180. The molecule has 0 spiro atoms. The molecule has 0 atom stereocenters. The van der Waals surface area contributed by atoms with Crippen LogP contribution in [0.25, 0.3) is 0 Å². The normalized spacial score (nSPS) is 7.33. The Labute approximate surface area is 57.6 Å². The highest BCUT2D eigenvalue weighted by Crippen LogP contribution is 1.95. The SMILES string of the molecule is CCCCCCO.N.N. The maximum absolute atomic E-state index is 8.29. The van der Waals surface area contributed by atoms with Crippen LogP contribution in [0.5, 0.6) is 0 Å². The Hall–Kier alpha value is -0.120. The summed E-state index contributed by atoms with van der Waals surface area (Å²) in [4.78, 5) is 0. The Kier molecular flexibility index (Phi) is 27.8. The fraction of sp³-hybridized carbons (Fsp3) is 1.00. The molecule has 0 aromatic rings. The summed E-state index contributed by atoms with van der Waals surface area (Å²) < 4.78 is 0. The highest BCUT2D eigenvalue weighted by Gasteiger charge is 1.80. The van der Waals surface area contributed by atoms with E-state index in [0.717, 1.165) is 6.42 Å². The van der Waals surface area contributed by atoms with Crippen LogP contribution in [0.1, 0.15) is 32.6 Å². The number of rotatable bonds is 4. The zero-order chi connectivity index (χ0) is 5.54. The Morgan fingerprint density at radius 1 is 1.00 bits per heavy atom. The topological polar surface area (TPSA) is 90.2 Å². The van der Waals surface area contributed by atoms with Crippen molar-refractivity contribution in [2.24, 2.45) is 0 Å². The van der Waals surface area contributed by atoms with E-state index in [1.54, 1.807) is 0 Å². The van der Waals surface area contributed by atoms with Crippen molar-refractivity contribution in [3.63, 3.8) is 0 Å². The fourth-order valence-corrected chi connectivity index (χ4v) is 0.539. The van der Waals surface area contributed by atoms with Crippen LogP contribution >= 0.6 is 0 Å². The van der Waals surface area contributed by atoms with Gasteiger partial charge in [0.15, 0.2) is 0 Å². The lowest BCUT2D eigenvalue weighted by atomic mass is 10.2. The van der Waals surface area contributed by atoms with Gasteiger partial charge in [-0.05, 0) is 6.42 Å². The first-order chi connectivity index (χ1) is 3.41. The lowest BCUT2D eigenvalue weighted by molar-refractivity contribution is 0.283. The summed E-state index contributed by atoms with van der Waals surface area (Å²) in [6.07, 6.45) is 4.68. The molecule has 9 heavy (non-hydrogen) atoms. The third-order valence-electron chi connectivity index (χ3n) is 1.01. The van der Waals surface area contributed by atoms with E-state index >= 15 is 0 Å². The molecule has 3 heteroatoms. The lowest BCUT2D eigenvalue weighted by Crippen LogP contribution is -1.80. The van der Waals surface area contributed by atoms with Gasteiger partial charge in [-0.2, -0.15) is 0 Å². The van der Waals surface area contributed by atoms with E-state index in [0.29, 0.717) is 6.61 Å². The predicted octanol–water partition coefficient (Wildman–Crippen LogP) is 1.88. The Bertz CT molecular complexity index is 30.2. The number of hydrogen-bond donors (Lipinski definition) is 3. The minimum Gasteiger partial charge on any atom is -0.396 e. The van der Waals surface area contributed by atoms with Crippen LogP contribution in [0.3, 0.4) is 0 Å². The zero-order valence-electron chi connectivity index (χ0n) is 6.40. The third-order valence-corrected chi connectivity index (χ3v) is 1.01. The molecular formula is C6H20N2O. The molecule has 0 aromatic carbocycles. The molecule has 0 bridgehead atoms. The van der Waals surface area contributed by atoms with E-state index in [4.69, 9.17) is 5.11 Å². The molecule has 0 aliphatic rings. The van der Waals surface area contributed by atoms with Gasteiger partial charge in [0.2, 0.25) is 0 Å². The second-order valence-corrected chi connectivity index (χ2v) is 1.78. The molecule has 0 aliphatic heterocycles. The van der Waals surface area contributed by atoms with E-state index in [-0.39, 0.29) is 12.3 Å². The molecule has 0 heterocycles. The van der Waals surface area contributed by atoms with Gasteiger partial charge in [-0.1, -0.05) is 26.2 Å². The van der Waals surface area contributed by atoms with Gasteiger partial charge >= 0.3 is 0 Å². The summed E-state index contributed by atoms with van der Waals surface area (Å²) in [5, 5.41) is 8.29. The number of aliphatic hydroxyl groups excluding tert-OH is 1. The molecule has 0 fully saturated rings. The van der Waals surface area contributed by atoms with E-state index in [1.807, 2.05) is 0 Å². The first-order valence-corrected chi connectivity index (χ1v) is 3.02. The molecular weight excluding hydrogens is 116 g/mol. The second kappa shape index (κ2) is 15.7. The van der Waals surface area contributed by atoms with Crippen molar-refractivity contribution in [3.05, 3.63) is 0 Å². The first kappa shape index (κ1) is 15.9. The maximum Gasteiger partial charge on any atom is 0.0431 e. The predicted molar refractivity (Wildman–Crippen MR) is 41.3 cm³/mol. The molecule has 0 unspecified atom stereocenters. The van der Waals surface area contributed by atoms with Gasteiger partial charge in [-0.3, -0.25) is 0 Å². The minimum atomic E-state index is 0. The average molecular weight is 136 g/mol. The Morgan fingerprint density at radius 2 is 1.56 bits per heavy atom. The summed E-state index contributed by atoms with van der Waals surface area (Å²) in [6, 6.07) is 0. The van der Waals surface area contributed by atoms with Crippen LogP contribution in [-0.4, -0.2) is 11.7 Å². The van der Waals surface area contributed by atoms with E-state index in [2.05, 4.69) is 6.92 Å². The van der Waals surface area contributed by atoms with Gasteiger partial charge in [0.25, 0.3) is 0 Å². The monoisotopic (exact) mass is 136 g/mol. The van der Waals surface area contributed by atoms with Crippen LogP contribution < -0.4 is 12.3 Å². The summed E-state index contributed by atoms with van der Waals surface area (Å²) in [6.45, 7) is 2.53. The summed E-state index contributed by atoms with van der Waals surface area (Å²) in [5.41, 5.74) is 0. The van der Waals surface area contributed by atoms with Crippen LogP contribution in [-0.2, 0) is 0 Å². The van der Waals surface area contributed by atoms with Gasteiger partial charge in [0, 0.05) is 6.61 Å². The van der Waals surface area contributed by atoms with Crippen molar-refractivity contribution in [1.29, 1.82) is 0 Å². The van der Waals surface area contributed by atoms with Gasteiger partial charge < -0.3 is 17.4 Å². The third kappa shape index (κ3) is 18.1. The fourth-order valence-electron chi connectivity index (χ4n) is 0.539. The molecule has 3 nitrogen and oxygen atoms in total. The van der Waals surface area contributed by atoms with E-state index < -0.39 is 0 Å². The highest BCUT2D eigenvalue weighted by atomic mass is 16.2. The van der Waals surface area contributed by atoms with Crippen LogP contribution in [0.4, 0.5) is 0 Å². The summed E-state index contributed by atoms with van der Waals surface area (Å²) >= 11 is 0. The summed E-state index contributed by atoms with van der Waals surface area (Å²) in [5.74, 6) is 0.